The Morgan fingerprint density at radius 1 is 0.786 bits per heavy atom. The molecule has 0 aromatic rings. The second-order valence-electron chi connectivity index (χ2n) is 2.54. The number of carboxylic acids is 2. The van der Waals surface area contributed by atoms with Crippen LogP contribution in [-0.4, -0.2) is 22.2 Å². The van der Waals surface area contributed by atoms with Crippen molar-refractivity contribution < 1.29 is 19.8 Å². The summed E-state index contributed by atoms with van der Waals surface area (Å²) in [5, 5.41) is 17.5. The van der Waals surface area contributed by atoms with Gasteiger partial charge >= 0.3 is 11.9 Å². The van der Waals surface area contributed by atoms with E-state index >= 15 is 0 Å². The van der Waals surface area contributed by atoms with Crippen LogP contribution in [0.5, 0.6) is 0 Å². The van der Waals surface area contributed by atoms with Gasteiger partial charge in [-0.25, -0.2) is 9.59 Å². The van der Waals surface area contributed by atoms with Crippen LogP contribution in [0.4, 0.5) is 0 Å². The zero-order chi connectivity index (χ0) is 10.6. The Morgan fingerprint density at radius 2 is 1.14 bits per heavy atom. The van der Waals surface area contributed by atoms with E-state index in [9.17, 15) is 9.59 Å². The number of allylic oxidation sites excluding steroid dienone is 4. The molecular weight excluding hydrogens is 184 g/mol. The van der Waals surface area contributed by atoms with Gasteiger partial charge in [-0.3, -0.25) is 0 Å². The van der Waals surface area contributed by atoms with Crippen molar-refractivity contribution in [1.82, 2.24) is 0 Å². The van der Waals surface area contributed by atoms with Gasteiger partial charge in [-0.15, -0.1) is 0 Å². The van der Waals surface area contributed by atoms with Crippen LogP contribution in [0, 0.1) is 0 Å². The summed E-state index contributed by atoms with van der Waals surface area (Å²) in [4.78, 5) is 21.4. The molecule has 1 rings (SSSR count). The van der Waals surface area contributed by atoms with E-state index in [0.717, 1.165) is 0 Å². The molecule has 2 N–H and O–H groups in total. The minimum absolute atomic E-state index is 0.224. The first-order valence-electron chi connectivity index (χ1n) is 3.85. The lowest BCUT2D eigenvalue weighted by Crippen LogP contribution is -2.08. The van der Waals surface area contributed by atoms with E-state index in [-0.39, 0.29) is 11.1 Å². The fourth-order valence-electron chi connectivity index (χ4n) is 0.984. The lowest BCUT2D eigenvalue weighted by Gasteiger charge is -2.00. The van der Waals surface area contributed by atoms with E-state index in [0.29, 0.717) is 0 Å². The normalized spacial score (nSPS) is 19.7. The predicted molar refractivity (Wildman–Crippen MR) is 49.7 cm³/mol. The van der Waals surface area contributed by atoms with Gasteiger partial charge in [0.1, 0.15) is 0 Å². The molecule has 0 radical (unpaired) electrons. The van der Waals surface area contributed by atoms with E-state index in [4.69, 9.17) is 10.2 Å². The SMILES string of the molecule is O=C(O)C1=C(C(=O)O)/C=C\C=C/C=C1. The molecule has 0 saturated carbocycles. The summed E-state index contributed by atoms with van der Waals surface area (Å²) in [5.74, 6) is -2.50. The number of carboxylic acid groups (broad SMARTS) is 2. The van der Waals surface area contributed by atoms with Crippen LogP contribution in [0.2, 0.25) is 0 Å². The van der Waals surface area contributed by atoms with Crippen molar-refractivity contribution in [1.29, 1.82) is 0 Å². The largest absolute Gasteiger partial charge is 0.478 e. The summed E-state index contributed by atoms with van der Waals surface area (Å²) in [6.45, 7) is 0. The first-order valence-corrected chi connectivity index (χ1v) is 3.85. The monoisotopic (exact) mass is 192 g/mol. The first kappa shape index (κ1) is 9.98. The Bertz CT molecular complexity index is 347. The Hall–Kier alpha value is -2.10. The maximum Gasteiger partial charge on any atom is 0.336 e. The van der Waals surface area contributed by atoms with Crippen molar-refractivity contribution in [3.05, 3.63) is 47.6 Å². The van der Waals surface area contributed by atoms with E-state index < -0.39 is 11.9 Å². The zero-order valence-electron chi connectivity index (χ0n) is 7.18. The Balaban J connectivity index is 3.27. The summed E-state index contributed by atoms with van der Waals surface area (Å²) in [6, 6.07) is 0. The van der Waals surface area contributed by atoms with Crippen molar-refractivity contribution in [2.24, 2.45) is 0 Å². The minimum atomic E-state index is -1.25. The van der Waals surface area contributed by atoms with Crippen LogP contribution in [0.1, 0.15) is 0 Å². The predicted octanol–water partition coefficient (Wildman–Crippen LogP) is 1.13. The maximum absolute atomic E-state index is 10.7. The van der Waals surface area contributed by atoms with Gasteiger partial charge in [0.15, 0.2) is 0 Å². The molecule has 0 saturated heterocycles. The van der Waals surface area contributed by atoms with Crippen LogP contribution in [-0.2, 0) is 9.59 Å². The van der Waals surface area contributed by atoms with Crippen molar-refractivity contribution in [3.8, 4) is 0 Å². The Labute approximate surface area is 80.2 Å². The van der Waals surface area contributed by atoms with Gasteiger partial charge in [-0.05, 0) is 12.2 Å². The fourth-order valence-corrected chi connectivity index (χ4v) is 0.984. The molecule has 0 amide bonds. The number of hydrogen-bond acceptors (Lipinski definition) is 2. The zero-order valence-corrected chi connectivity index (χ0v) is 7.18. The molecule has 4 heteroatoms. The molecule has 72 valence electrons. The standard InChI is InChI=1S/C10H8O4/c11-9(12)7-5-3-1-2-4-6-8(7)10(13)14/h1-6H,(H,11,12)(H,13,14)/b2-1-,3-1?,4-2?,5-3-,6-4?,7-5?,8-6?,8-7?. The average Bonchev–Trinajstić information content (AvgIpc) is 2.01. The highest BCUT2D eigenvalue weighted by atomic mass is 16.4. The number of aliphatic carboxylic acids is 2. The van der Waals surface area contributed by atoms with Crippen molar-refractivity contribution >= 4 is 11.9 Å². The summed E-state index contributed by atoms with van der Waals surface area (Å²) in [7, 11) is 0. The topological polar surface area (TPSA) is 74.6 Å². The molecule has 1 aliphatic carbocycles. The van der Waals surface area contributed by atoms with E-state index in [1.54, 1.807) is 12.2 Å². The third kappa shape index (κ3) is 2.20. The van der Waals surface area contributed by atoms with Crippen LogP contribution in [0.3, 0.4) is 0 Å². The third-order valence-electron chi connectivity index (χ3n) is 1.61. The summed E-state index contributed by atoms with van der Waals surface area (Å²) in [5.41, 5.74) is -0.448. The van der Waals surface area contributed by atoms with Gasteiger partial charge in [0.2, 0.25) is 0 Å². The van der Waals surface area contributed by atoms with Gasteiger partial charge in [0.25, 0.3) is 0 Å². The molecule has 0 fully saturated rings. The molecule has 0 unspecified atom stereocenters. The second kappa shape index (κ2) is 4.23. The van der Waals surface area contributed by atoms with Gasteiger partial charge in [-0.2, -0.15) is 0 Å². The summed E-state index contributed by atoms with van der Waals surface area (Å²) in [6.07, 6.45) is 8.72. The quantitative estimate of drug-likeness (QED) is 0.687. The molecule has 1 aliphatic rings. The van der Waals surface area contributed by atoms with Crippen LogP contribution < -0.4 is 0 Å². The Morgan fingerprint density at radius 3 is 1.43 bits per heavy atom. The van der Waals surface area contributed by atoms with Gasteiger partial charge < -0.3 is 10.2 Å². The molecular formula is C10H8O4. The summed E-state index contributed by atoms with van der Waals surface area (Å²) >= 11 is 0. The lowest BCUT2D eigenvalue weighted by molar-refractivity contribution is -0.135. The minimum Gasteiger partial charge on any atom is -0.478 e. The number of hydrogen-bond donors (Lipinski definition) is 2. The molecule has 0 atom stereocenters. The highest BCUT2D eigenvalue weighted by molar-refractivity contribution is 6.02. The van der Waals surface area contributed by atoms with E-state index in [1.165, 1.54) is 24.3 Å². The lowest BCUT2D eigenvalue weighted by atomic mass is 10.1. The van der Waals surface area contributed by atoms with Crippen molar-refractivity contribution in [3.63, 3.8) is 0 Å². The molecule has 0 bridgehead atoms. The van der Waals surface area contributed by atoms with Gasteiger partial charge in [0, 0.05) is 0 Å². The van der Waals surface area contributed by atoms with Crippen LogP contribution in [0.25, 0.3) is 0 Å². The molecule has 14 heavy (non-hydrogen) atoms. The number of carbonyl (C=O) groups is 2. The van der Waals surface area contributed by atoms with Crippen molar-refractivity contribution in [2.45, 2.75) is 0 Å². The molecule has 0 aromatic carbocycles. The number of rotatable bonds is 2. The third-order valence-corrected chi connectivity index (χ3v) is 1.61. The molecule has 0 spiro atoms. The maximum atomic E-state index is 10.7. The highest BCUT2D eigenvalue weighted by Crippen LogP contribution is 2.11. The van der Waals surface area contributed by atoms with Crippen LogP contribution >= 0.6 is 0 Å². The molecule has 0 aliphatic heterocycles. The van der Waals surface area contributed by atoms with Crippen molar-refractivity contribution in [2.75, 3.05) is 0 Å². The van der Waals surface area contributed by atoms with E-state index in [1.807, 2.05) is 0 Å². The van der Waals surface area contributed by atoms with Gasteiger partial charge in [-0.1, -0.05) is 24.3 Å². The second-order valence-corrected chi connectivity index (χ2v) is 2.54. The van der Waals surface area contributed by atoms with Crippen LogP contribution in [0.15, 0.2) is 47.6 Å². The fraction of sp³-hybridized carbons (Fsp3) is 0. The van der Waals surface area contributed by atoms with Gasteiger partial charge in [0.05, 0.1) is 11.1 Å². The Kier molecular flexibility index (Phi) is 3.01. The first-order chi connectivity index (χ1) is 6.63. The molecule has 4 nitrogen and oxygen atoms in total. The average molecular weight is 192 g/mol. The molecule has 0 heterocycles. The molecule has 0 aromatic heterocycles. The van der Waals surface area contributed by atoms with E-state index in [2.05, 4.69) is 0 Å². The smallest absolute Gasteiger partial charge is 0.336 e. The highest BCUT2D eigenvalue weighted by Gasteiger charge is 2.15. The summed E-state index contributed by atoms with van der Waals surface area (Å²) < 4.78 is 0.